The second-order valence-electron chi connectivity index (χ2n) is 8.73. The smallest absolute Gasteiger partial charge is 0.343 e. The lowest BCUT2D eigenvalue weighted by molar-refractivity contribution is -0.136. The first-order chi connectivity index (χ1) is 18.8. The van der Waals surface area contributed by atoms with Crippen LogP contribution < -0.4 is 15.5 Å². The van der Waals surface area contributed by atoms with E-state index >= 15 is 0 Å². The van der Waals surface area contributed by atoms with Gasteiger partial charge in [-0.05, 0) is 75.4 Å². The lowest BCUT2D eigenvalue weighted by atomic mass is 9.95. The van der Waals surface area contributed by atoms with Gasteiger partial charge in [-0.15, -0.1) is 11.3 Å². The molecule has 4 rings (SSSR count). The molecular weight excluding hydrogens is 586 g/mol. The summed E-state index contributed by atoms with van der Waals surface area (Å²) in [7, 11) is 0. The standard InChI is InChI=1S/C28H26BrN3O6S/c1-3-37-28(36)23-20-9-4-5-10-22(20)39-26(23)31-24(33)25(34)32-30-15-18-14-19(29)11-12-21(18)38-27(35)17-8-6-7-16(2)13-17/h6-8,11-15H,3-5,9-10H2,1-2H3,(H,31,33)(H,32,34)/b30-15+. The molecule has 2 amide bonds. The Morgan fingerprint density at radius 1 is 1.05 bits per heavy atom. The summed E-state index contributed by atoms with van der Waals surface area (Å²) in [6.07, 6.45) is 4.73. The summed E-state index contributed by atoms with van der Waals surface area (Å²) in [4.78, 5) is 51.3. The average molecular weight is 613 g/mol. The highest BCUT2D eigenvalue weighted by atomic mass is 79.9. The maximum absolute atomic E-state index is 12.6. The summed E-state index contributed by atoms with van der Waals surface area (Å²) < 4.78 is 11.4. The highest BCUT2D eigenvalue weighted by molar-refractivity contribution is 9.10. The van der Waals surface area contributed by atoms with Crippen molar-refractivity contribution >= 4 is 62.2 Å². The number of benzene rings is 2. The minimum Gasteiger partial charge on any atom is -0.462 e. The maximum atomic E-state index is 12.6. The molecule has 0 aliphatic heterocycles. The van der Waals surface area contributed by atoms with Crippen LogP contribution in [0.3, 0.4) is 0 Å². The van der Waals surface area contributed by atoms with Crippen LogP contribution in [0.2, 0.25) is 0 Å². The van der Waals surface area contributed by atoms with Crippen LogP contribution in [0.4, 0.5) is 5.00 Å². The van der Waals surface area contributed by atoms with E-state index in [4.69, 9.17) is 9.47 Å². The molecule has 2 aromatic carbocycles. The number of halogens is 1. The molecule has 0 spiro atoms. The minimum absolute atomic E-state index is 0.198. The van der Waals surface area contributed by atoms with E-state index in [0.717, 1.165) is 41.7 Å². The van der Waals surface area contributed by atoms with Crippen LogP contribution in [-0.4, -0.2) is 36.6 Å². The number of amides is 2. The second-order valence-corrected chi connectivity index (χ2v) is 10.8. The third kappa shape index (κ3) is 6.98. The molecule has 2 N–H and O–H groups in total. The number of hydrazone groups is 1. The molecule has 0 saturated heterocycles. The van der Waals surface area contributed by atoms with Gasteiger partial charge in [-0.25, -0.2) is 15.0 Å². The van der Waals surface area contributed by atoms with Gasteiger partial charge in [0.25, 0.3) is 0 Å². The molecule has 39 heavy (non-hydrogen) atoms. The Hall–Kier alpha value is -3.83. The van der Waals surface area contributed by atoms with Crippen LogP contribution in [0.5, 0.6) is 5.75 Å². The van der Waals surface area contributed by atoms with Gasteiger partial charge in [0.15, 0.2) is 0 Å². The molecule has 1 heterocycles. The Kier molecular flexibility index (Phi) is 9.26. The van der Waals surface area contributed by atoms with E-state index in [2.05, 4.69) is 31.8 Å². The van der Waals surface area contributed by atoms with Crippen molar-refractivity contribution in [3.8, 4) is 5.75 Å². The molecule has 1 aromatic heterocycles. The van der Waals surface area contributed by atoms with Gasteiger partial charge in [0.05, 0.1) is 23.9 Å². The molecule has 11 heteroatoms. The largest absolute Gasteiger partial charge is 0.462 e. The van der Waals surface area contributed by atoms with E-state index in [0.29, 0.717) is 26.2 Å². The van der Waals surface area contributed by atoms with E-state index in [-0.39, 0.29) is 12.4 Å². The van der Waals surface area contributed by atoms with Crippen molar-refractivity contribution in [3.05, 3.63) is 79.6 Å². The third-order valence-electron chi connectivity index (χ3n) is 5.88. The molecule has 0 radical (unpaired) electrons. The quantitative estimate of drug-likeness (QED) is 0.125. The number of carbonyl (C=O) groups excluding carboxylic acids is 4. The van der Waals surface area contributed by atoms with Crippen molar-refractivity contribution in [1.29, 1.82) is 0 Å². The Morgan fingerprint density at radius 2 is 1.85 bits per heavy atom. The Labute approximate surface area is 237 Å². The normalized spacial score (nSPS) is 12.5. The minimum atomic E-state index is -1.03. The van der Waals surface area contributed by atoms with Crippen molar-refractivity contribution in [1.82, 2.24) is 5.43 Å². The lowest BCUT2D eigenvalue weighted by Gasteiger charge is -2.12. The number of anilines is 1. The van der Waals surface area contributed by atoms with Gasteiger partial charge < -0.3 is 14.8 Å². The van der Waals surface area contributed by atoms with Gasteiger partial charge >= 0.3 is 23.8 Å². The first-order valence-electron chi connectivity index (χ1n) is 12.3. The van der Waals surface area contributed by atoms with Gasteiger partial charge in [-0.2, -0.15) is 5.10 Å². The molecule has 1 aliphatic rings. The van der Waals surface area contributed by atoms with Crippen LogP contribution in [0.15, 0.2) is 52.0 Å². The van der Waals surface area contributed by atoms with Crippen LogP contribution in [-0.2, 0) is 27.2 Å². The van der Waals surface area contributed by atoms with E-state index < -0.39 is 23.8 Å². The van der Waals surface area contributed by atoms with E-state index in [1.165, 1.54) is 17.6 Å². The summed E-state index contributed by atoms with van der Waals surface area (Å²) in [6.45, 7) is 3.78. The fourth-order valence-electron chi connectivity index (χ4n) is 4.09. The third-order valence-corrected chi connectivity index (χ3v) is 7.58. The number of nitrogens with one attached hydrogen (secondary N) is 2. The number of esters is 2. The topological polar surface area (TPSA) is 123 Å². The lowest BCUT2D eigenvalue weighted by Crippen LogP contribution is -2.32. The van der Waals surface area contributed by atoms with Crippen molar-refractivity contribution in [2.75, 3.05) is 11.9 Å². The summed E-state index contributed by atoms with van der Waals surface area (Å²) in [5.74, 6) is -2.85. The predicted octanol–water partition coefficient (Wildman–Crippen LogP) is 5.18. The molecule has 3 aromatic rings. The number of nitrogens with zero attached hydrogens (tertiary/aromatic N) is 1. The van der Waals surface area contributed by atoms with Crippen molar-refractivity contribution in [2.45, 2.75) is 39.5 Å². The molecule has 0 bridgehead atoms. The van der Waals surface area contributed by atoms with Crippen molar-refractivity contribution in [3.63, 3.8) is 0 Å². The fourth-order valence-corrected chi connectivity index (χ4v) is 5.74. The van der Waals surface area contributed by atoms with Crippen LogP contribution in [0, 0.1) is 6.92 Å². The van der Waals surface area contributed by atoms with E-state index in [1.807, 2.05) is 13.0 Å². The summed E-state index contributed by atoms with van der Waals surface area (Å²) in [5.41, 5.74) is 5.07. The van der Waals surface area contributed by atoms with Gasteiger partial charge in [0.1, 0.15) is 10.8 Å². The molecule has 0 atom stereocenters. The van der Waals surface area contributed by atoms with E-state index in [1.54, 1.807) is 43.3 Å². The molecule has 0 saturated carbocycles. The first kappa shape index (κ1) is 28.2. The number of hydrogen-bond donors (Lipinski definition) is 2. The zero-order valence-electron chi connectivity index (χ0n) is 21.3. The SMILES string of the molecule is CCOC(=O)c1c(NC(=O)C(=O)N/N=C/c2cc(Br)ccc2OC(=O)c2cccc(C)c2)sc2c1CCCC2. The zero-order chi connectivity index (χ0) is 27.9. The van der Waals surface area contributed by atoms with Crippen LogP contribution >= 0.6 is 27.3 Å². The first-order valence-corrected chi connectivity index (χ1v) is 13.9. The molecule has 1 aliphatic carbocycles. The number of rotatable bonds is 7. The highest BCUT2D eigenvalue weighted by Crippen LogP contribution is 2.38. The Morgan fingerprint density at radius 3 is 2.62 bits per heavy atom. The van der Waals surface area contributed by atoms with Gasteiger partial charge in [0, 0.05) is 14.9 Å². The van der Waals surface area contributed by atoms with Gasteiger partial charge in [-0.3, -0.25) is 9.59 Å². The number of carbonyl (C=O) groups is 4. The maximum Gasteiger partial charge on any atom is 0.343 e. The summed E-state index contributed by atoms with van der Waals surface area (Å²) in [6, 6.07) is 11.9. The van der Waals surface area contributed by atoms with Gasteiger partial charge in [0.2, 0.25) is 0 Å². The molecular formula is C28H26BrN3O6S. The summed E-state index contributed by atoms with van der Waals surface area (Å²) in [5, 5.41) is 6.70. The monoisotopic (exact) mass is 611 g/mol. The Bertz CT molecular complexity index is 1470. The number of thiophene rings is 1. The number of fused-ring (bicyclic) bond motifs is 1. The number of ether oxygens (including phenoxy) is 2. The van der Waals surface area contributed by atoms with Crippen LogP contribution in [0.1, 0.15) is 62.0 Å². The second kappa shape index (κ2) is 12.8. The molecule has 202 valence electrons. The summed E-state index contributed by atoms with van der Waals surface area (Å²) >= 11 is 4.65. The average Bonchev–Trinajstić information content (AvgIpc) is 3.28. The molecule has 0 fully saturated rings. The van der Waals surface area contributed by atoms with Crippen molar-refractivity contribution < 1.29 is 28.7 Å². The van der Waals surface area contributed by atoms with Crippen LogP contribution in [0.25, 0.3) is 0 Å². The molecule has 9 nitrogen and oxygen atoms in total. The Balaban J connectivity index is 1.45. The fraction of sp³-hybridized carbons (Fsp3) is 0.250. The number of aryl methyl sites for hydroxylation is 2. The highest BCUT2D eigenvalue weighted by Gasteiger charge is 2.28. The van der Waals surface area contributed by atoms with Gasteiger partial charge in [-0.1, -0.05) is 33.6 Å². The zero-order valence-corrected chi connectivity index (χ0v) is 23.7. The van der Waals surface area contributed by atoms with E-state index in [9.17, 15) is 19.2 Å². The number of hydrogen-bond acceptors (Lipinski definition) is 8. The predicted molar refractivity (Wildman–Crippen MR) is 152 cm³/mol. The molecule has 0 unspecified atom stereocenters. The van der Waals surface area contributed by atoms with Crippen molar-refractivity contribution in [2.24, 2.45) is 5.10 Å².